The van der Waals surface area contributed by atoms with E-state index < -0.39 is 22.8 Å². The molecule has 0 fully saturated rings. The summed E-state index contributed by atoms with van der Waals surface area (Å²) in [6.07, 6.45) is -3.12. The zero-order valence-electron chi connectivity index (χ0n) is 17.9. The second-order valence-corrected chi connectivity index (χ2v) is 8.63. The molecule has 3 amide bonds. The number of anilines is 2. The highest BCUT2D eigenvalue weighted by Crippen LogP contribution is 2.36. The van der Waals surface area contributed by atoms with E-state index in [0.29, 0.717) is 16.5 Å². The van der Waals surface area contributed by atoms with Gasteiger partial charge in [-0.25, -0.2) is 4.79 Å². The van der Waals surface area contributed by atoms with Crippen molar-refractivity contribution in [1.82, 2.24) is 10.3 Å². The van der Waals surface area contributed by atoms with Gasteiger partial charge in [0.2, 0.25) is 0 Å². The third-order valence-electron chi connectivity index (χ3n) is 4.69. The van der Waals surface area contributed by atoms with Crippen LogP contribution in [0, 0.1) is 0 Å². The number of halogens is 4. The first-order chi connectivity index (χ1) is 16.6. The van der Waals surface area contributed by atoms with E-state index in [0.717, 1.165) is 28.3 Å². The molecule has 7 nitrogen and oxygen atoms in total. The topological polar surface area (TPSA) is 92.4 Å². The number of fused-ring (bicyclic) bond motifs is 1. The zero-order valence-corrected chi connectivity index (χ0v) is 19.4. The van der Waals surface area contributed by atoms with Gasteiger partial charge in [-0.2, -0.15) is 13.2 Å². The van der Waals surface area contributed by atoms with Crippen molar-refractivity contribution in [2.75, 3.05) is 17.7 Å². The Morgan fingerprint density at radius 1 is 1.00 bits per heavy atom. The molecule has 0 bridgehead atoms. The standard InChI is InChI=1S/C23H16ClF3N4O3S/c1-28-21(32)18-10-15(6-7-29-18)34-14-4-2-12-8-20(35-19(12)11-14)31-22(33)30-13-3-5-16(17(24)9-13)23(25,26)27/h2-11H,1H3,(H,28,32)(H2,30,31,33). The third-order valence-corrected chi connectivity index (χ3v) is 6.01. The number of rotatable bonds is 5. The van der Waals surface area contributed by atoms with Crippen molar-refractivity contribution in [2.45, 2.75) is 6.18 Å². The van der Waals surface area contributed by atoms with Crippen LogP contribution in [0.25, 0.3) is 10.1 Å². The molecule has 4 rings (SSSR count). The SMILES string of the molecule is CNC(=O)c1cc(Oc2ccc3cc(NC(=O)Nc4ccc(C(F)(F)F)c(Cl)c4)sc3c2)ccn1. The molecule has 0 aliphatic carbocycles. The van der Waals surface area contributed by atoms with Crippen molar-refractivity contribution < 1.29 is 27.5 Å². The van der Waals surface area contributed by atoms with Crippen LogP contribution in [0.1, 0.15) is 16.1 Å². The lowest BCUT2D eigenvalue weighted by atomic mass is 10.2. The molecular weight excluding hydrogens is 505 g/mol. The normalized spacial score (nSPS) is 11.2. The van der Waals surface area contributed by atoms with E-state index in [1.807, 2.05) is 0 Å². The fourth-order valence-corrected chi connectivity index (χ4v) is 4.37. The summed E-state index contributed by atoms with van der Waals surface area (Å²) in [5.74, 6) is 0.614. The van der Waals surface area contributed by atoms with Crippen molar-refractivity contribution in [3.63, 3.8) is 0 Å². The molecule has 180 valence electrons. The van der Waals surface area contributed by atoms with Gasteiger partial charge < -0.3 is 15.4 Å². The molecule has 0 spiro atoms. The molecule has 0 saturated carbocycles. The molecule has 2 aromatic heterocycles. The second-order valence-electron chi connectivity index (χ2n) is 7.14. The summed E-state index contributed by atoms with van der Waals surface area (Å²) < 4.78 is 45.2. The number of alkyl halides is 3. The lowest BCUT2D eigenvalue weighted by Crippen LogP contribution is -2.19. The minimum Gasteiger partial charge on any atom is -0.457 e. The average molecular weight is 521 g/mol. The molecule has 12 heteroatoms. The highest BCUT2D eigenvalue weighted by atomic mass is 35.5. The number of pyridine rings is 1. The fourth-order valence-electron chi connectivity index (χ4n) is 3.10. The predicted octanol–water partition coefficient (Wildman–Crippen LogP) is 6.76. The first-order valence-corrected chi connectivity index (χ1v) is 11.2. The maximum Gasteiger partial charge on any atom is 0.417 e. The van der Waals surface area contributed by atoms with Crippen LogP contribution in [0.4, 0.5) is 28.7 Å². The number of aromatic nitrogens is 1. The first-order valence-electron chi connectivity index (χ1n) is 9.97. The van der Waals surface area contributed by atoms with Crippen LogP contribution in [0.5, 0.6) is 11.5 Å². The van der Waals surface area contributed by atoms with E-state index in [-0.39, 0.29) is 17.3 Å². The Labute approximate surface area is 205 Å². The molecule has 4 aromatic rings. The highest BCUT2D eigenvalue weighted by Gasteiger charge is 2.33. The van der Waals surface area contributed by atoms with Gasteiger partial charge in [0.1, 0.15) is 17.2 Å². The summed E-state index contributed by atoms with van der Waals surface area (Å²) in [6.45, 7) is 0. The molecule has 0 aliphatic heterocycles. The third kappa shape index (κ3) is 5.81. The van der Waals surface area contributed by atoms with Gasteiger partial charge in [-0.1, -0.05) is 11.6 Å². The van der Waals surface area contributed by atoms with Crippen LogP contribution >= 0.6 is 22.9 Å². The van der Waals surface area contributed by atoms with E-state index in [1.54, 1.807) is 30.3 Å². The summed E-state index contributed by atoms with van der Waals surface area (Å²) in [6, 6.07) is 12.5. The molecule has 0 atom stereocenters. The van der Waals surface area contributed by atoms with Crippen molar-refractivity contribution in [1.29, 1.82) is 0 Å². The molecule has 0 radical (unpaired) electrons. The minimum absolute atomic E-state index is 0.116. The lowest BCUT2D eigenvalue weighted by molar-refractivity contribution is -0.137. The fraction of sp³-hybridized carbons (Fsp3) is 0.0870. The predicted molar refractivity (Wildman–Crippen MR) is 129 cm³/mol. The minimum atomic E-state index is -4.58. The van der Waals surface area contributed by atoms with E-state index in [2.05, 4.69) is 20.9 Å². The Bertz CT molecular complexity index is 1420. The lowest BCUT2D eigenvalue weighted by Gasteiger charge is -2.11. The molecule has 0 unspecified atom stereocenters. The van der Waals surface area contributed by atoms with Crippen LogP contribution in [0.2, 0.25) is 5.02 Å². The summed E-state index contributed by atoms with van der Waals surface area (Å²) in [4.78, 5) is 28.1. The Kier molecular flexibility index (Phi) is 6.81. The molecule has 2 heterocycles. The van der Waals surface area contributed by atoms with E-state index in [9.17, 15) is 22.8 Å². The van der Waals surface area contributed by atoms with Gasteiger partial charge in [-0.15, -0.1) is 11.3 Å². The van der Waals surface area contributed by atoms with Crippen molar-refractivity contribution in [3.05, 3.63) is 77.1 Å². The number of hydrogen-bond donors (Lipinski definition) is 3. The average Bonchev–Trinajstić information content (AvgIpc) is 3.19. The van der Waals surface area contributed by atoms with Gasteiger partial charge in [-0.05, 0) is 53.9 Å². The number of ether oxygens (including phenoxy) is 1. The highest BCUT2D eigenvalue weighted by molar-refractivity contribution is 7.23. The summed E-state index contributed by atoms with van der Waals surface area (Å²) in [5, 5.41) is 8.45. The van der Waals surface area contributed by atoms with Gasteiger partial charge in [0, 0.05) is 29.7 Å². The monoisotopic (exact) mass is 520 g/mol. The van der Waals surface area contributed by atoms with Gasteiger partial charge in [0.05, 0.1) is 15.6 Å². The summed E-state index contributed by atoms with van der Waals surface area (Å²) >= 11 is 6.97. The first kappa shape index (κ1) is 24.3. The van der Waals surface area contributed by atoms with Gasteiger partial charge in [0.25, 0.3) is 5.91 Å². The maximum absolute atomic E-state index is 12.8. The summed E-state index contributed by atoms with van der Waals surface area (Å²) in [7, 11) is 1.51. The molecule has 2 aromatic carbocycles. The van der Waals surface area contributed by atoms with Crippen molar-refractivity contribution in [3.8, 4) is 11.5 Å². The molecule has 35 heavy (non-hydrogen) atoms. The molecule has 0 aliphatic rings. The Morgan fingerprint density at radius 2 is 1.77 bits per heavy atom. The van der Waals surface area contributed by atoms with E-state index >= 15 is 0 Å². The van der Waals surface area contributed by atoms with Gasteiger partial charge >= 0.3 is 12.2 Å². The number of nitrogens with one attached hydrogen (secondary N) is 3. The number of thiophene rings is 1. The van der Waals surface area contributed by atoms with Gasteiger partial charge in [0.15, 0.2) is 0 Å². The number of carbonyl (C=O) groups is 2. The summed E-state index contributed by atoms with van der Waals surface area (Å²) in [5.41, 5.74) is -0.649. The molecule has 0 saturated heterocycles. The molecular formula is C23H16ClF3N4O3S. The van der Waals surface area contributed by atoms with Crippen LogP contribution < -0.4 is 20.7 Å². The second kappa shape index (κ2) is 9.80. The van der Waals surface area contributed by atoms with Gasteiger partial charge in [-0.3, -0.25) is 15.1 Å². The van der Waals surface area contributed by atoms with Crippen LogP contribution in [-0.2, 0) is 6.18 Å². The number of hydrogen-bond acceptors (Lipinski definition) is 5. The number of benzene rings is 2. The smallest absolute Gasteiger partial charge is 0.417 e. The Balaban J connectivity index is 1.44. The number of urea groups is 1. The van der Waals surface area contributed by atoms with Crippen LogP contribution in [0.3, 0.4) is 0 Å². The van der Waals surface area contributed by atoms with E-state index in [1.165, 1.54) is 30.6 Å². The van der Waals surface area contributed by atoms with Crippen molar-refractivity contribution in [2.24, 2.45) is 0 Å². The number of amides is 3. The Morgan fingerprint density at radius 3 is 2.49 bits per heavy atom. The Hall–Kier alpha value is -3.83. The number of carbonyl (C=O) groups excluding carboxylic acids is 2. The molecule has 3 N–H and O–H groups in total. The van der Waals surface area contributed by atoms with Crippen LogP contribution in [0.15, 0.2) is 60.8 Å². The van der Waals surface area contributed by atoms with Crippen molar-refractivity contribution >= 4 is 55.7 Å². The zero-order chi connectivity index (χ0) is 25.2. The quantitative estimate of drug-likeness (QED) is 0.271. The van der Waals surface area contributed by atoms with E-state index in [4.69, 9.17) is 16.3 Å². The van der Waals surface area contributed by atoms with Crippen LogP contribution in [-0.4, -0.2) is 24.0 Å². The maximum atomic E-state index is 12.8. The number of nitrogens with zero attached hydrogens (tertiary/aromatic N) is 1. The largest absolute Gasteiger partial charge is 0.457 e.